The summed E-state index contributed by atoms with van der Waals surface area (Å²) >= 11 is 1.70. The summed E-state index contributed by atoms with van der Waals surface area (Å²) in [5.41, 5.74) is 2.12. The topological polar surface area (TPSA) is 75.2 Å². The van der Waals surface area contributed by atoms with E-state index in [0.717, 1.165) is 43.1 Å². The lowest BCUT2D eigenvalue weighted by Gasteiger charge is -2.49. The zero-order valence-corrected chi connectivity index (χ0v) is 19.1. The van der Waals surface area contributed by atoms with E-state index in [4.69, 9.17) is 4.98 Å². The highest BCUT2D eigenvalue weighted by atomic mass is 32.2. The van der Waals surface area contributed by atoms with Crippen molar-refractivity contribution >= 4 is 21.4 Å². The predicted molar refractivity (Wildman–Crippen MR) is 123 cm³/mol. The van der Waals surface area contributed by atoms with Gasteiger partial charge in [-0.3, -0.25) is 4.90 Å². The van der Waals surface area contributed by atoms with Gasteiger partial charge in [0.15, 0.2) is 0 Å². The number of hydrogen-bond donors (Lipinski definition) is 1. The Kier molecular flexibility index (Phi) is 5.64. The molecule has 2 aromatic heterocycles. The van der Waals surface area contributed by atoms with Gasteiger partial charge in [0, 0.05) is 30.7 Å². The van der Waals surface area contributed by atoms with Crippen LogP contribution in [-0.4, -0.2) is 49.0 Å². The molecule has 0 spiro atoms. The number of rotatable bonds is 6. The maximum Gasteiger partial charge on any atom is 0.240 e. The molecule has 3 fully saturated rings. The SMILES string of the molecule is Cc1nc(-c2cccs2)cc([C@@H]2CN3CC[C@H]2C[C@@H]3CNS(=O)(=O)c2ccccc2)n1. The molecule has 4 atom stereocenters. The summed E-state index contributed by atoms with van der Waals surface area (Å²) in [6.07, 6.45) is 2.11. The molecule has 8 heteroatoms. The van der Waals surface area contributed by atoms with E-state index in [1.807, 2.05) is 19.1 Å². The average molecular weight is 455 g/mol. The van der Waals surface area contributed by atoms with E-state index in [1.165, 1.54) is 4.88 Å². The summed E-state index contributed by atoms with van der Waals surface area (Å²) in [6.45, 7) is 4.34. The molecule has 0 radical (unpaired) electrons. The second-order valence-electron chi connectivity index (χ2n) is 8.41. The van der Waals surface area contributed by atoms with E-state index in [0.29, 0.717) is 23.3 Å². The maximum absolute atomic E-state index is 12.6. The fourth-order valence-electron chi connectivity index (χ4n) is 4.91. The van der Waals surface area contributed by atoms with Crippen molar-refractivity contribution in [3.63, 3.8) is 0 Å². The summed E-state index contributed by atoms with van der Waals surface area (Å²) < 4.78 is 28.0. The lowest BCUT2D eigenvalue weighted by Crippen LogP contribution is -2.56. The summed E-state index contributed by atoms with van der Waals surface area (Å²) in [5, 5.41) is 2.07. The normalized spacial score (nSPS) is 25.6. The van der Waals surface area contributed by atoms with Crippen molar-refractivity contribution in [2.45, 2.75) is 36.6 Å². The van der Waals surface area contributed by atoms with Gasteiger partial charge in [-0.2, -0.15) is 0 Å². The van der Waals surface area contributed by atoms with Crippen molar-refractivity contribution in [2.24, 2.45) is 5.92 Å². The highest BCUT2D eigenvalue weighted by Gasteiger charge is 2.41. The van der Waals surface area contributed by atoms with E-state index in [9.17, 15) is 8.42 Å². The lowest BCUT2D eigenvalue weighted by atomic mass is 9.74. The van der Waals surface area contributed by atoms with E-state index in [-0.39, 0.29) is 6.04 Å². The number of fused-ring (bicyclic) bond motifs is 3. The van der Waals surface area contributed by atoms with Gasteiger partial charge in [0.25, 0.3) is 0 Å². The third-order valence-electron chi connectivity index (χ3n) is 6.45. The third kappa shape index (κ3) is 4.30. The highest BCUT2D eigenvalue weighted by molar-refractivity contribution is 7.89. The monoisotopic (exact) mass is 454 g/mol. The first-order valence-electron chi connectivity index (χ1n) is 10.7. The predicted octanol–water partition coefficient (Wildman–Crippen LogP) is 3.67. The van der Waals surface area contributed by atoms with Gasteiger partial charge in [-0.1, -0.05) is 24.3 Å². The van der Waals surface area contributed by atoms with Gasteiger partial charge in [0.2, 0.25) is 10.0 Å². The van der Waals surface area contributed by atoms with Crippen LogP contribution >= 0.6 is 11.3 Å². The van der Waals surface area contributed by atoms with Crippen molar-refractivity contribution in [2.75, 3.05) is 19.6 Å². The fourth-order valence-corrected chi connectivity index (χ4v) is 6.69. The molecule has 162 valence electrons. The number of piperidine rings is 3. The molecule has 3 aromatic rings. The van der Waals surface area contributed by atoms with Crippen molar-refractivity contribution in [1.82, 2.24) is 19.6 Å². The van der Waals surface area contributed by atoms with E-state index < -0.39 is 10.0 Å². The summed E-state index contributed by atoms with van der Waals surface area (Å²) in [4.78, 5) is 13.4. The van der Waals surface area contributed by atoms with Gasteiger partial charge in [0.05, 0.1) is 15.5 Å². The average Bonchev–Trinajstić information content (AvgIpc) is 3.33. The van der Waals surface area contributed by atoms with Crippen LogP contribution in [0.25, 0.3) is 10.6 Å². The van der Waals surface area contributed by atoms with Crippen LogP contribution in [0, 0.1) is 12.8 Å². The number of benzene rings is 1. The van der Waals surface area contributed by atoms with Gasteiger partial charge >= 0.3 is 0 Å². The molecule has 1 aromatic carbocycles. The minimum atomic E-state index is -3.47. The van der Waals surface area contributed by atoms with Crippen molar-refractivity contribution in [1.29, 1.82) is 0 Å². The maximum atomic E-state index is 12.6. The first-order valence-corrected chi connectivity index (χ1v) is 13.0. The van der Waals surface area contributed by atoms with Crippen LogP contribution in [0.2, 0.25) is 0 Å². The summed E-state index contributed by atoms with van der Waals surface area (Å²) in [6, 6.07) is 15.1. The molecule has 1 unspecified atom stereocenters. The number of thiophene rings is 1. The van der Waals surface area contributed by atoms with Gasteiger partial charge < -0.3 is 0 Å². The van der Waals surface area contributed by atoms with Crippen LogP contribution in [0.5, 0.6) is 0 Å². The Morgan fingerprint density at radius 1 is 1.16 bits per heavy atom. The van der Waals surface area contributed by atoms with Crippen LogP contribution in [0.3, 0.4) is 0 Å². The van der Waals surface area contributed by atoms with Crippen LogP contribution < -0.4 is 4.72 Å². The minimum absolute atomic E-state index is 0.230. The molecule has 0 saturated carbocycles. The largest absolute Gasteiger partial charge is 0.298 e. The quantitative estimate of drug-likeness (QED) is 0.615. The molecule has 5 heterocycles. The molecule has 2 bridgehead atoms. The van der Waals surface area contributed by atoms with Gasteiger partial charge in [-0.05, 0) is 61.9 Å². The molecule has 6 nitrogen and oxygen atoms in total. The Balaban J connectivity index is 1.30. The second kappa shape index (κ2) is 8.43. The minimum Gasteiger partial charge on any atom is -0.298 e. The fraction of sp³-hybridized carbons (Fsp3) is 0.391. The Hall–Kier alpha value is -2.13. The number of aryl methyl sites for hydroxylation is 1. The zero-order chi connectivity index (χ0) is 21.4. The first-order chi connectivity index (χ1) is 15.0. The molecule has 31 heavy (non-hydrogen) atoms. The van der Waals surface area contributed by atoms with Gasteiger partial charge in [-0.25, -0.2) is 23.1 Å². The van der Waals surface area contributed by atoms with Crippen LogP contribution in [0.1, 0.15) is 30.3 Å². The standard InChI is InChI=1S/C23H26N4O2S2/c1-16-25-21(13-22(26-16)23-8-5-11-30-23)20-15-27-10-9-17(20)12-18(27)14-24-31(28,29)19-6-3-2-4-7-19/h2-8,11,13,17-18,20,24H,9-10,12,14-15H2,1H3/t17-,18+,20+/m0/s1. The summed E-state index contributed by atoms with van der Waals surface area (Å²) in [7, 11) is -3.47. The lowest BCUT2D eigenvalue weighted by molar-refractivity contribution is 0.0317. The van der Waals surface area contributed by atoms with Crippen LogP contribution in [0.4, 0.5) is 0 Å². The molecule has 6 rings (SSSR count). The van der Waals surface area contributed by atoms with Crippen molar-refractivity contribution in [3.8, 4) is 10.6 Å². The Morgan fingerprint density at radius 3 is 2.71 bits per heavy atom. The van der Waals surface area contributed by atoms with E-state index >= 15 is 0 Å². The van der Waals surface area contributed by atoms with E-state index in [2.05, 4.69) is 32.1 Å². The van der Waals surface area contributed by atoms with Crippen molar-refractivity contribution in [3.05, 3.63) is 65.4 Å². The Morgan fingerprint density at radius 2 is 2.00 bits per heavy atom. The first kappa shape index (κ1) is 20.8. The Labute approximate surface area is 187 Å². The van der Waals surface area contributed by atoms with Gasteiger partial charge in [-0.15, -0.1) is 11.3 Å². The van der Waals surface area contributed by atoms with Gasteiger partial charge in [0.1, 0.15) is 5.82 Å². The number of sulfonamides is 1. The number of nitrogens with zero attached hydrogens (tertiary/aromatic N) is 3. The number of nitrogens with one attached hydrogen (secondary N) is 1. The third-order valence-corrected chi connectivity index (χ3v) is 8.78. The molecule has 1 N–H and O–H groups in total. The molecule has 3 aliphatic rings. The van der Waals surface area contributed by atoms with Crippen LogP contribution in [-0.2, 0) is 10.0 Å². The summed E-state index contributed by atoms with van der Waals surface area (Å²) in [5.74, 6) is 1.70. The van der Waals surface area contributed by atoms with Crippen molar-refractivity contribution < 1.29 is 8.42 Å². The number of aromatic nitrogens is 2. The smallest absolute Gasteiger partial charge is 0.240 e. The molecule has 0 aliphatic carbocycles. The zero-order valence-electron chi connectivity index (χ0n) is 17.4. The molecule has 0 amide bonds. The molecule has 3 saturated heterocycles. The highest BCUT2D eigenvalue weighted by Crippen LogP contribution is 2.42. The molecular weight excluding hydrogens is 428 g/mol. The van der Waals surface area contributed by atoms with E-state index in [1.54, 1.807) is 35.6 Å². The molecule has 3 aliphatic heterocycles. The Bertz CT molecular complexity index is 1150. The number of hydrogen-bond acceptors (Lipinski definition) is 6. The van der Waals surface area contributed by atoms with Crippen LogP contribution in [0.15, 0.2) is 58.8 Å². The molecular formula is C23H26N4O2S2. The second-order valence-corrected chi connectivity index (χ2v) is 11.1.